The number of aliphatic imine (C=N–C) groups is 1. The van der Waals surface area contributed by atoms with Crippen LogP contribution >= 0.6 is 0 Å². The van der Waals surface area contributed by atoms with Crippen molar-refractivity contribution in [1.29, 1.82) is 0 Å². The van der Waals surface area contributed by atoms with E-state index in [0.717, 1.165) is 58.6 Å². The lowest BCUT2D eigenvalue weighted by Gasteiger charge is -2.15. The largest absolute Gasteiger partial charge is 0.457 e. The predicted molar refractivity (Wildman–Crippen MR) is 116 cm³/mol. The van der Waals surface area contributed by atoms with Crippen LogP contribution in [0.1, 0.15) is 28.1 Å². The summed E-state index contributed by atoms with van der Waals surface area (Å²) in [5.74, 6) is 3.27. The maximum Gasteiger partial charge on any atom is 0.191 e. The Labute approximate surface area is 172 Å². The van der Waals surface area contributed by atoms with Crippen LogP contribution in [0, 0.1) is 20.8 Å². The fourth-order valence-corrected chi connectivity index (χ4v) is 3.08. The molecule has 0 aliphatic heterocycles. The van der Waals surface area contributed by atoms with Gasteiger partial charge in [-0.25, -0.2) is 0 Å². The van der Waals surface area contributed by atoms with Crippen molar-refractivity contribution in [1.82, 2.24) is 15.8 Å². The maximum absolute atomic E-state index is 6.10. The number of ether oxygens (including phenoxy) is 1. The molecule has 3 rings (SSSR count). The van der Waals surface area contributed by atoms with Gasteiger partial charge in [-0.2, -0.15) is 0 Å². The summed E-state index contributed by atoms with van der Waals surface area (Å²) in [5, 5.41) is 10.7. The van der Waals surface area contributed by atoms with Gasteiger partial charge in [0.25, 0.3) is 0 Å². The number of hydrogen-bond donors (Lipinski definition) is 2. The molecule has 2 aromatic carbocycles. The molecule has 29 heavy (non-hydrogen) atoms. The molecule has 0 fully saturated rings. The van der Waals surface area contributed by atoms with E-state index in [-0.39, 0.29) is 0 Å². The van der Waals surface area contributed by atoms with Gasteiger partial charge in [-0.3, -0.25) is 4.99 Å². The monoisotopic (exact) mass is 392 g/mol. The number of nitrogens with one attached hydrogen (secondary N) is 2. The second-order valence-corrected chi connectivity index (χ2v) is 6.93. The van der Waals surface area contributed by atoms with Crippen molar-refractivity contribution in [3.8, 4) is 11.5 Å². The average Bonchev–Trinajstić information content (AvgIpc) is 3.04. The molecule has 0 saturated carbocycles. The molecule has 152 valence electrons. The van der Waals surface area contributed by atoms with Crippen LogP contribution < -0.4 is 15.4 Å². The van der Waals surface area contributed by atoms with Crippen molar-refractivity contribution in [3.63, 3.8) is 0 Å². The lowest BCUT2D eigenvalue weighted by Crippen LogP contribution is -2.38. The van der Waals surface area contributed by atoms with Crippen molar-refractivity contribution >= 4 is 5.96 Å². The highest BCUT2D eigenvalue weighted by Crippen LogP contribution is 2.26. The molecule has 0 radical (unpaired) electrons. The number of nitrogens with zero attached hydrogens (tertiary/aromatic N) is 2. The van der Waals surface area contributed by atoms with Crippen LogP contribution in [0.25, 0.3) is 0 Å². The number of aromatic nitrogens is 1. The first-order valence-electron chi connectivity index (χ1n) is 9.75. The zero-order chi connectivity index (χ0) is 20.6. The molecule has 3 aromatic rings. The number of guanidine groups is 1. The van der Waals surface area contributed by atoms with Gasteiger partial charge in [-0.05, 0) is 51.0 Å². The molecule has 0 amide bonds. The second kappa shape index (κ2) is 9.78. The summed E-state index contributed by atoms with van der Waals surface area (Å²) in [6.45, 7) is 7.31. The van der Waals surface area contributed by atoms with Crippen molar-refractivity contribution in [2.75, 3.05) is 13.6 Å². The summed E-state index contributed by atoms with van der Waals surface area (Å²) in [6, 6.07) is 16.0. The minimum atomic E-state index is 0.605. The van der Waals surface area contributed by atoms with Crippen LogP contribution in [0.4, 0.5) is 0 Å². The van der Waals surface area contributed by atoms with E-state index in [9.17, 15) is 0 Å². The number of benzene rings is 2. The van der Waals surface area contributed by atoms with Crippen LogP contribution in [-0.2, 0) is 13.0 Å². The van der Waals surface area contributed by atoms with Gasteiger partial charge >= 0.3 is 0 Å². The third-order valence-electron chi connectivity index (χ3n) is 4.71. The maximum atomic E-state index is 6.10. The molecule has 0 atom stereocenters. The summed E-state index contributed by atoms with van der Waals surface area (Å²) in [7, 11) is 1.77. The number of hydrogen-bond acceptors (Lipinski definition) is 4. The van der Waals surface area contributed by atoms with Crippen LogP contribution in [0.5, 0.6) is 11.5 Å². The van der Waals surface area contributed by atoms with Crippen LogP contribution in [0.3, 0.4) is 0 Å². The molecule has 6 heteroatoms. The van der Waals surface area contributed by atoms with E-state index >= 15 is 0 Å². The highest BCUT2D eigenvalue weighted by molar-refractivity contribution is 5.79. The van der Waals surface area contributed by atoms with Crippen LogP contribution in [0.15, 0.2) is 58.0 Å². The molecule has 0 aliphatic rings. The van der Waals surface area contributed by atoms with Crippen LogP contribution in [-0.4, -0.2) is 24.7 Å². The standard InChI is InChI=1S/C23H28N4O2/c1-16-10-11-19(22(14-16)28-20-8-6-5-7-9-20)15-26-23(24-4)25-13-12-21-17(2)27-29-18(21)3/h5-11,14H,12-13,15H2,1-4H3,(H2,24,25,26). The normalized spacial score (nSPS) is 11.4. The molecule has 6 nitrogen and oxygen atoms in total. The highest BCUT2D eigenvalue weighted by Gasteiger charge is 2.10. The molecule has 1 aromatic heterocycles. The lowest BCUT2D eigenvalue weighted by atomic mass is 10.1. The van der Waals surface area contributed by atoms with Crippen LogP contribution in [0.2, 0.25) is 0 Å². The van der Waals surface area contributed by atoms with Gasteiger partial charge in [-0.1, -0.05) is 35.5 Å². The van der Waals surface area contributed by atoms with E-state index in [1.165, 1.54) is 0 Å². The molecule has 0 spiro atoms. The Morgan fingerprint density at radius 1 is 1.07 bits per heavy atom. The minimum Gasteiger partial charge on any atom is -0.457 e. The van der Waals surface area contributed by atoms with E-state index in [4.69, 9.17) is 9.26 Å². The van der Waals surface area contributed by atoms with E-state index < -0.39 is 0 Å². The van der Waals surface area contributed by atoms with Gasteiger partial charge in [0, 0.05) is 31.3 Å². The zero-order valence-electron chi connectivity index (χ0n) is 17.5. The molecule has 0 saturated heterocycles. The Kier molecular flexibility index (Phi) is 6.89. The Bertz CT molecular complexity index is 945. The molecular formula is C23H28N4O2. The van der Waals surface area contributed by atoms with Crippen molar-refractivity contribution < 1.29 is 9.26 Å². The Morgan fingerprint density at radius 2 is 1.86 bits per heavy atom. The van der Waals surface area contributed by atoms with E-state index in [1.807, 2.05) is 44.2 Å². The SMILES string of the molecule is CN=C(NCCc1c(C)noc1C)NCc1ccc(C)cc1Oc1ccccc1. The molecule has 0 aliphatic carbocycles. The van der Waals surface area contributed by atoms with E-state index in [1.54, 1.807) is 7.05 Å². The van der Waals surface area contributed by atoms with E-state index in [2.05, 4.69) is 45.9 Å². The molecule has 0 unspecified atom stereocenters. The fraction of sp³-hybridized carbons (Fsp3) is 0.304. The first kappa shape index (κ1) is 20.5. The molecule has 0 bridgehead atoms. The Hall–Kier alpha value is -3.28. The third-order valence-corrected chi connectivity index (χ3v) is 4.71. The molecule has 2 N–H and O–H groups in total. The predicted octanol–water partition coefficient (Wildman–Crippen LogP) is 4.30. The van der Waals surface area contributed by atoms with Gasteiger partial charge in [-0.15, -0.1) is 0 Å². The first-order chi connectivity index (χ1) is 14.1. The van der Waals surface area contributed by atoms with Gasteiger partial charge in [0.1, 0.15) is 17.3 Å². The van der Waals surface area contributed by atoms with Crippen molar-refractivity contribution in [2.45, 2.75) is 33.7 Å². The summed E-state index contributed by atoms with van der Waals surface area (Å²) in [4.78, 5) is 4.31. The van der Waals surface area contributed by atoms with E-state index in [0.29, 0.717) is 6.54 Å². The molecule has 1 heterocycles. The zero-order valence-corrected chi connectivity index (χ0v) is 17.5. The second-order valence-electron chi connectivity index (χ2n) is 6.93. The minimum absolute atomic E-state index is 0.605. The number of para-hydroxylation sites is 1. The van der Waals surface area contributed by atoms with Gasteiger partial charge in [0.15, 0.2) is 5.96 Å². The number of aryl methyl sites for hydroxylation is 3. The van der Waals surface area contributed by atoms with Crippen molar-refractivity contribution in [2.24, 2.45) is 4.99 Å². The Morgan fingerprint density at radius 3 is 2.55 bits per heavy atom. The quantitative estimate of drug-likeness (QED) is 0.463. The van der Waals surface area contributed by atoms with Gasteiger partial charge in [0.05, 0.1) is 5.69 Å². The fourth-order valence-electron chi connectivity index (χ4n) is 3.08. The first-order valence-corrected chi connectivity index (χ1v) is 9.75. The summed E-state index contributed by atoms with van der Waals surface area (Å²) >= 11 is 0. The average molecular weight is 393 g/mol. The summed E-state index contributed by atoms with van der Waals surface area (Å²) in [6.07, 6.45) is 0.828. The third kappa shape index (κ3) is 5.60. The van der Waals surface area contributed by atoms with Crippen molar-refractivity contribution in [3.05, 3.63) is 76.7 Å². The highest BCUT2D eigenvalue weighted by atomic mass is 16.5. The smallest absolute Gasteiger partial charge is 0.191 e. The Balaban J connectivity index is 1.59. The number of rotatable bonds is 7. The molecular weight excluding hydrogens is 364 g/mol. The topological polar surface area (TPSA) is 71.7 Å². The lowest BCUT2D eigenvalue weighted by molar-refractivity contribution is 0.392. The van der Waals surface area contributed by atoms with Gasteiger partial charge < -0.3 is 19.9 Å². The summed E-state index contributed by atoms with van der Waals surface area (Å²) in [5.41, 5.74) is 4.30. The van der Waals surface area contributed by atoms with Gasteiger partial charge in [0.2, 0.25) is 0 Å². The summed E-state index contributed by atoms with van der Waals surface area (Å²) < 4.78 is 11.3.